The molecule has 0 bridgehead atoms. The molecule has 1 aliphatic heterocycles. The van der Waals surface area contributed by atoms with E-state index < -0.39 is 0 Å². The van der Waals surface area contributed by atoms with Gasteiger partial charge in [-0.1, -0.05) is 27.2 Å². The van der Waals surface area contributed by atoms with Crippen molar-refractivity contribution in [3.05, 3.63) is 17.2 Å². The van der Waals surface area contributed by atoms with Gasteiger partial charge in [-0.05, 0) is 12.8 Å². The fraction of sp³-hybridized carbons (Fsp3) is 0.812. The largest absolute Gasteiger partial charge is 0.381 e. The van der Waals surface area contributed by atoms with Crippen molar-refractivity contribution >= 4 is 0 Å². The quantitative estimate of drug-likeness (QED) is 0.744. The second kappa shape index (κ2) is 7.79. The molecule has 4 heteroatoms. The van der Waals surface area contributed by atoms with Crippen LogP contribution in [-0.2, 0) is 24.2 Å². The van der Waals surface area contributed by atoms with Crippen LogP contribution in [0.15, 0.2) is 0 Å². The van der Waals surface area contributed by atoms with Crippen molar-refractivity contribution < 1.29 is 4.74 Å². The molecule has 0 saturated carbocycles. The van der Waals surface area contributed by atoms with Crippen molar-refractivity contribution in [3.8, 4) is 0 Å². The van der Waals surface area contributed by atoms with Crippen LogP contribution in [0.4, 0.5) is 0 Å². The van der Waals surface area contributed by atoms with Gasteiger partial charge >= 0.3 is 0 Å². The predicted molar refractivity (Wildman–Crippen MR) is 82.1 cm³/mol. The van der Waals surface area contributed by atoms with Crippen LogP contribution in [0, 0.1) is 0 Å². The Morgan fingerprint density at radius 2 is 2.10 bits per heavy atom. The number of rotatable bonds is 8. The lowest BCUT2D eigenvalue weighted by Crippen LogP contribution is -2.25. The lowest BCUT2D eigenvalue weighted by Gasteiger charge is -2.17. The predicted octanol–water partition coefficient (Wildman–Crippen LogP) is 2.86. The Labute approximate surface area is 122 Å². The van der Waals surface area contributed by atoms with E-state index in [1.54, 1.807) is 0 Å². The first-order valence-electron chi connectivity index (χ1n) is 8.10. The minimum absolute atomic E-state index is 0.488. The van der Waals surface area contributed by atoms with Crippen molar-refractivity contribution in [3.63, 3.8) is 0 Å². The fourth-order valence-electron chi connectivity index (χ4n) is 2.76. The number of aromatic nitrogens is 2. The Bertz CT molecular complexity index is 412. The van der Waals surface area contributed by atoms with E-state index in [0.717, 1.165) is 45.7 Å². The summed E-state index contributed by atoms with van der Waals surface area (Å²) in [5, 5.41) is 3.41. The van der Waals surface area contributed by atoms with Gasteiger partial charge in [0.2, 0.25) is 0 Å². The standard InChI is InChI=1S/C16H29N3O/c1-4-5-10-20-11-6-9-19-15-7-8-17-12-14(15)18-16(19)13(2)3/h13,17H,4-12H2,1-3H3. The first-order chi connectivity index (χ1) is 9.74. The van der Waals surface area contributed by atoms with Crippen molar-refractivity contribution in [1.29, 1.82) is 0 Å². The summed E-state index contributed by atoms with van der Waals surface area (Å²) >= 11 is 0. The SMILES string of the molecule is CCCCOCCCn1c(C(C)C)nc2c1CCNC2. The van der Waals surface area contributed by atoms with Gasteiger partial charge in [-0.15, -0.1) is 0 Å². The number of nitrogens with one attached hydrogen (secondary N) is 1. The first-order valence-corrected chi connectivity index (χ1v) is 8.10. The Morgan fingerprint density at radius 1 is 1.30 bits per heavy atom. The topological polar surface area (TPSA) is 39.1 Å². The number of imidazole rings is 1. The number of unbranched alkanes of at least 4 members (excludes halogenated alkanes) is 1. The number of hydrogen-bond donors (Lipinski definition) is 1. The summed E-state index contributed by atoms with van der Waals surface area (Å²) in [6.45, 7) is 11.5. The molecule has 0 atom stereocenters. The molecule has 0 aliphatic carbocycles. The van der Waals surface area contributed by atoms with Crippen LogP contribution in [-0.4, -0.2) is 29.3 Å². The summed E-state index contributed by atoms with van der Waals surface area (Å²) in [4.78, 5) is 4.84. The van der Waals surface area contributed by atoms with Crippen LogP contribution >= 0.6 is 0 Å². The van der Waals surface area contributed by atoms with E-state index in [0.29, 0.717) is 5.92 Å². The molecule has 1 aromatic heterocycles. The van der Waals surface area contributed by atoms with Gasteiger partial charge in [-0.2, -0.15) is 0 Å². The number of ether oxygens (including phenoxy) is 1. The molecular formula is C16H29N3O. The van der Waals surface area contributed by atoms with Gasteiger partial charge in [-0.25, -0.2) is 4.98 Å². The molecule has 2 rings (SSSR count). The molecule has 20 heavy (non-hydrogen) atoms. The van der Waals surface area contributed by atoms with Gasteiger partial charge in [0, 0.05) is 50.9 Å². The van der Waals surface area contributed by atoms with Crippen LogP contribution < -0.4 is 5.32 Å². The van der Waals surface area contributed by atoms with Crippen LogP contribution in [0.3, 0.4) is 0 Å². The lowest BCUT2D eigenvalue weighted by molar-refractivity contribution is 0.125. The first kappa shape index (κ1) is 15.5. The molecule has 0 fully saturated rings. The summed E-state index contributed by atoms with van der Waals surface area (Å²) in [5.41, 5.74) is 2.70. The van der Waals surface area contributed by atoms with Crippen LogP contribution in [0.2, 0.25) is 0 Å². The van der Waals surface area contributed by atoms with Crippen LogP contribution in [0.25, 0.3) is 0 Å². The molecular weight excluding hydrogens is 250 g/mol. The summed E-state index contributed by atoms with van der Waals surface area (Å²) in [6, 6.07) is 0. The van der Waals surface area contributed by atoms with Gasteiger partial charge in [0.25, 0.3) is 0 Å². The number of nitrogens with zero attached hydrogens (tertiary/aromatic N) is 2. The average Bonchev–Trinajstić information content (AvgIpc) is 2.82. The van der Waals surface area contributed by atoms with Crippen molar-refractivity contribution in [2.45, 2.75) is 65.5 Å². The highest BCUT2D eigenvalue weighted by Gasteiger charge is 2.20. The molecule has 0 saturated heterocycles. The third-order valence-corrected chi connectivity index (χ3v) is 3.85. The zero-order valence-corrected chi connectivity index (χ0v) is 13.2. The van der Waals surface area contributed by atoms with E-state index >= 15 is 0 Å². The Balaban J connectivity index is 1.93. The molecule has 0 unspecified atom stereocenters. The maximum Gasteiger partial charge on any atom is 0.111 e. The van der Waals surface area contributed by atoms with Gasteiger partial charge in [0.15, 0.2) is 0 Å². The van der Waals surface area contributed by atoms with E-state index in [-0.39, 0.29) is 0 Å². The highest BCUT2D eigenvalue weighted by Crippen LogP contribution is 2.22. The summed E-state index contributed by atoms with van der Waals surface area (Å²) in [7, 11) is 0. The van der Waals surface area contributed by atoms with Crippen molar-refractivity contribution in [2.24, 2.45) is 0 Å². The van der Waals surface area contributed by atoms with Crippen molar-refractivity contribution in [2.75, 3.05) is 19.8 Å². The summed E-state index contributed by atoms with van der Waals surface area (Å²) < 4.78 is 8.12. The van der Waals surface area contributed by atoms with E-state index in [2.05, 4.69) is 30.7 Å². The second-order valence-electron chi connectivity index (χ2n) is 5.92. The molecule has 4 nitrogen and oxygen atoms in total. The Morgan fingerprint density at radius 3 is 2.85 bits per heavy atom. The Kier molecular flexibility index (Phi) is 6.05. The van der Waals surface area contributed by atoms with Crippen molar-refractivity contribution in [1.82, 2.24) is 14.9 Å². The summed E-state index contributed by atoms with van der Waals surface area (Å²) in [5.74, 6) is 1.73. The molecule has 1 aliphatic rings. The van der Waals surface area contributed by atoms with Gasteiger partial charge < -0.3 is 14.6 Å². The molecule has 2 heterocycles. The van der Waals surface area contributed by atoms with E-state index in [1.807, 2.05) is 0 Å². The maximum atomic E-state index is 5.67. The zero-order chi connectivity index (χ0) is 14.4. The lowest BCUT2D eigenvalue weighted by atomic mass is 10.1. The third-order valence-electron chi connectivity index (χ3n) is 3.85. The summed E-state index contributed by atoms with van der Waals surface area (Å²) in [6.07, 6.45) is 4.56. The van der Waals surface area contributed by atoms with Gasteiger partial charge in [-0.3, -0.25) is 0 Å². The van der Waals surface area contributed by atoms with Crippen LogP contribution in [0.1, 0.15) is 63.2 Å². The smallest absolute Gasteiger partial charge is 0.111 e. The van der Waals surface area contributed by atoms with E-state index in [1.165, 1.54) is 30.1 Å². The van der Waals surface area contributed by atoms with Gasteiger partial charge in [0.05, 0.1) is 5.69 Å². The minimum Gasteiger partial charge on any atom is -0.381 e. The highest BCUT2D eigenvalue weighted by atomic mass is 16.5. The number of hydrogen-bond acceptors (Lipinski definition) is 3. The third kappa shape index (κ3) is 3.83. The Hall–Kier alpha value is -0.870. The maximum absolute atomic E-state index is 5.67. The fourth-order valence-corrected chi connectivity index (χ4v) is 2.76. The monoisotopic (exact) mass is 279 g/mol. The molecule has 1 N–H and O–H groups in total. The molecule has 1 aromatic rings. The minimum atomic E-state index is 0.488. The van der Waals surface area contributed by atoms with E-state index in [9.17, 15) is 0 Å². The van der Waals surface area contributed by atoms with Gasteiger partial charge in [0.1, 0.15) is 5.82 Å². The molecule has 0 radical (unpaired) electrons. The van der Waals surface area contributed by atoms with E-state index in [4.69, 9.17) is 9.72 Å². The van der Waals surface area contributed by atoms with Crippen LogP contribution in [0.5, 0.6) is 0 Å². The molecule has 0 spiro atoms. The molecule has 114 valence electrons. The molecule has 0 aromatic carbocycles. The molecule has 0 amide bonds. The normalized spacial score (nSPS) is 14.8. The average molecular weight is 279 g/mol. The highest BCUT2D eigenvalue weighted by molar-refractivity contribution is 5.21. The zero-order valence-electron chi connectivity index (χ0n) is 13.2. The number of fused-ring (bicyclic) bond motifs is 1. The second-order valence-corrected chi connectivity index (χ2v) is 5.92.